The van der Waals surface area contributed by atoms with Gasteiger partial charge in [0.05, 0.1) is 0 Å². The first kappa shape index (κ1) is 19.6. The Balaban J connectivity index is 2.79. The van der Waals surface area contributed by atoms with Gasteiger partial charge in [-0.2, -0.15) is 0 Å². The first-order valence-electron chi connectivity index (χ1n) is 8.11. The molecular weight excluding hydrogens is 288 g/mol. The summed E-state index contributed by atoms with van der Waals surface area (Å²) in [6.45, 7) is 10.5. The average molecular weight is 318 g/mol. The van der Waals surface area contributed by atoms with Gasteiger partial charge in [0.15, 0.2) is 0 Å². The zero-order chi connectivity index (χ0) is 17.7. The molecule has 3 nitrogen and oxygen atoms in total. The van der Waals surface area contributed by atoms with Gasteiger partial charge in [-0.1, -0.05) is 55.4 Å². The van der Waals surface area contributed by atoms with E-state index >= 15 is 0 Å². The fourth-order valence-electron chi connectivity index (χ4n) is 2.99. The summed E-state index contributed by atoms with van der Waals surface area (Å²) < 4.78 is 0. The predicted molar refractivity (Wildman–Crippen MR) is 95.5 cm³/mol. The van der Waals surface area contributed by atoms with E-state index in [0.717, 1.165) is 11.6 Å². The Bertz CT molecular complexity index is 564. The van der Waals surface area contributed by atoms with Gasteiger partial charge in [-0.15, -0.1) is 0 Å². The smallest absolute Gasteiger partial charge is 0.297 e. The third-order valence-electron chi connectivity index (χ3n) is 4.19. The molecule has 1 aliphatic rings. The molecule has 0 aromatic heterocycles. The maximum absolute atomic E-state index is 8.87. The van der Waals surface area contributed by atoms with E-state index in [1.807, 2.05) is 19.1 Å². The molecule has 0 aromatic carbocycles. The Labute approximate surface area is 140 Å². The monoisotopic (exact) mass is 318 g/mol. The molecule has 0 heterocycles. The van der Waals surface area contributed by atoms with Gasteiger partial charge in [0.25, 0.3) is 5.97 Å². The summed E-state index contributed by atoms with van der Waals surface area (Å²) in [5.74, 6) is -2.76. The van der Waals surface area contributed by atoms with Gasteiger partial charge in [0, 0.05) is 6.08 Å². The first-order chi connectivity index (χ1) is 10.5. The van der Waals surface area contributed by atoms with Crippen LogP contribution in [0.2, 0.25) is 0 Å². The normalized spacial score (nSPS) is 20.9. The summed E-state index contributed by atoms with van der Waals surface area (Å²) in [6, 6.07) is 0. The first-order valence-corrected chi connectivity index (χ1v) is 8.11. The lowest BCUT2D eigenvalue weighted by Crippen LogP contribution is -2.23. The number of allylic oxidation sites excluding steroid dienone is 9. The van der Waals surface area contributed by atoms with Crippen molar-refractivity contribution in [1.29, 1.82) is 0 Å². The number of hydrogen-bond acceptors (Lipinski definition) is 3. The highest BCUT2D eigenvalue weighted by atomic mass is 16.7. The fraction of sp³-hybridized carbons (Fsp3) is 0.500. The lowest BCUT2D eigenvalue weighted by atomic mass is 9.72. The van der Waals surface area contributed by atoms with Gasteiger partial charge >= 0.3 is 0 Å². The van der Waals surface area contributed by atoms with Crippen molar-refractivity contribution in [2.24, 2.45) is 5.41 Å². The van der Waals surface area contributed by atoms with E-state index in [2.05, 4.69) is 32.9 Å². The molecule has 0 radical (unpaired) electrons. The summed E-state index contributed by atoms with van der Waals surface area (Å²) in [5.41, 5.74) is 4.82. The van der Waals surface area contributed by atoms with Crippen LogP contribution in [0, 0.1) is 5.41 Å². The van der Waals surface area contributed by atoms with Gasteiger partial charge in [-0.05, 0) is 56.6 Å². The van der Waals surface area contributed by atoms with Crippen LogP contribution in [-0.4, -0.2) is 21.3 Å². The second-order valence-electron chi connectivity index (χ2n) is 7.11. The van der Waals surface area contributed by atoms with E-state index in [1.54, 1.807) is 13.0 Å². The van der Waals surface area contributed by atoms with Gasteiger partial charge in [0.1, 0.15) is 0 Å². The molecule has 128 valence electrons. The molecule has 0 saturated heterocycles. The van der Waals surface area contributed by atoms with Crippen molar-refractivity contribution in [2.75, 3.05) is 0 Å². The maximum atomic E-state index is 8.87. The van der Waals surface area contributed by atoms with Crippen molar-refractivity contribution in [3.05, 3.63) is 58.7 Å². The van der Waals surface area contributed by atoms with Gasteiger partial charge in [0.2, 0.25) is 0 Å². The molecule has 0 spiro atoms. The molecule has 1 aliphatic carbocycles. The van der Waals surface area contributed by atoms with Crippen molar-refractivity contribution < 1.29 is 15.3 Å². The molecule has 0 aliphatic heterocycles. The quantitative estimate of drug-likeness (QED) is 0.527. The summed E-state index contributed by atoms with van der Waals surface area (Å²) in [6.07, 6.45) is 14.5. The lowest BCUT2D eigenvalue weighted by Gasteiger charge is -2.32. The maximum Gasteiger partial charge on any atom is 0.297 e. The van der Waals surface area contributed by atoms with E-state index < -0.39 is 5.97 Å². The summed E-state index contributed by atoms with van der Waals surface area (Å²) in [5, 5.41) is 26.6. The Hall–Kier alpha value is -1.42. The second kappa shape index (κ2) is 7.91. The molecule has 0 atom stereocenters. The zero-order valence-corrected chi connectivity index (χ0v) is 14.9. The molecule has 0 unspecified atom stereocenters. The molecular formula is C20H30O3. The Morgan fingerprint density at radius 3 is 2.30 bits per heavy atom. The molecule has 0 aromatic rings. The third-order valence-corrected chi connectivity index (χ3v) is 4.19. The zero-order valence-electron chi connectivity index (χ0n) is 14.9. The van der Waals surface area contributed by atoms with Crippen LogP contribution >= 0.6 is 0 Å². The van der Waals surface area contributed by atoms with Crippen LogP contribution in [0.4, 0.5) is 0 Å². The summed E-state index contributed by atoms with van der Waals surface area (Å²) in [4.78, 5) is 0. The van der Waals surface area contributed by atoms with Crippen molar-refractivity contribution in [3.8, 4) is 0 Å². The average Bonchev–Trinajstić information content (AvgIpc) is 2.35. The Kier molecular flexibility index (Phi) is 6.75. The summed E-state index contributed by atoms with van der Waals surface area (Å²) >= 11 is 0. The van der Waals surface area contributed by atoms with E-state index in [9.17, 15) is 0 Å². The number of aliphatic hydroxyl groups is 3. The molecule has 0 bridgehead atoms. The van der Waals surface area contributed by atoms with E-state index in [0.29, 0.717) is 5.57 Å². The molecule has 3 N–H and O–H groups in total. The number of rotatable bonds is 5. The minimum absolute atomic E-state index is 0.237. The van der Waals surface area contributed by atoms with Crippen LogP contribution in [0.25, 0.3) is 0 Å². The lowest BCUT2D eigenvalue weighted by molar-refractivity contribution is -0.273. The predicted octanol–water partition coefficient (Wildman–Crippen LogP) is 4.15. The minimum Gasteiger partial charge on any atom is -0.340 e. The molecule has 3 heteroatoms. The molecule has 0 fully saturated rings. The van der Waals surface area contributed by atoms with Crippen molar-refractivity contribution >= 4 is 0 Å². The molecule has 0 amide bonds. The fourth-order valence-corrected chi connectivity index (χ4v) is 2.99. The Morgan fingerprint density at radius 2 is 1.74 bits per heavy atom. The standard InChI is InChI=1S/C20H30O3/c1-15(8-6-9-16(2)14-20(21,22)23)11-12-18-17(3)10-7-13-19(18,4)5/h6,8-9,11-12,14,21-23H,7,10,13H2,1-5H3. The van der Waals surface area contributed by atoms with Crippen molar-refractivity contribution in [1.82, 2.24) is 0 Å². The highest BCUT2D eigenvalue weighted by molar-refractivity contribution is 5.37. The topological polar surface area (TPSA) is 60.7 Å². The highest BCUT2D eigenvalue weighted by Gasteiger charge is 2.26. The molecule has 0 saturated carbocycles. The van der Waals surface area contributed by atoms with Crippen LogP contribution in [0.15, 0.2) is 58.7 Å². The van der Waals surface area contributed by atoms with Crippen LogP contribution in [0.5, 0.6) is 0 Å². The SMILES string of the molecule is CC(C=CC1=C(C)CCCC1(C)C)=CC=CC(C)=CC(O)(O)O. The van der Waals surface area contributed by atoms with Gasteiger partial charge in [-0.25, -0.2) is 0 Å². The van der Waals surface area contributed by atoms with Crippen molar-refractivity contribution in [3.63, 3.8) is 0 Å². The van der Waals surface area contributed by atoms with E-state index in [-0.39, 0.29) is 5.41 Å². The summed E-state index contributed by atoms with van der Waals surface area (Å²) in [7, 11) is 0. The second-order valence-corrected chi connectivity index (χ2v) is 7.11. The minimum atomic E-state index is -2.76. The highest BCUT2D eigenvalue weighted by Crippen LogP contribution is 2.40. The van der Waals surface area contributed by atoms with Crippen LogP contribution in [-0.2, 0) is 0 Å². The Morgan fingerprint density at radius 1 is 1.09 bits per heavy atom. The van der Waals surface area contributed by atoms with E-state index in [1.165, 1.54) is 30.4 Å². The van der Waals surface area contributed by atoms with E-state index in [4.69, 9.17) is 15.3 Å². The number of hydrogen-bond donors (Lipinski definition) is 3. The molecule has 1 rings (SSSR count). The van der Waals surface area contributed by atoms with Gasteiger partial charge < -0.3 is 15.3 Å². The van der Waals surface area contributed by atoms with Gasteiger partial charge in [-0.3, -0.25) is 0 Å². The molecule has 23 heavy (non-hydrogen) atoms. The van der Waals surface area contributed by atoms with Crippen LogP contribution in [0.1, 0.15) is 53.9 Å². The van der Waals surface area contributed by atoms with Crippen LogP contribution in [0.3, 0.4) is 0 Å². The third kappa shape index (κ3) is 7.12. The largest absolute Gasteiger partial charge is 0.340 e. The van der Waals surface area contributed by atoms with Crippen molar-refractivity contribution in [2.45, 2.75) is 59.9 Å². The van der Waals surface area contributed by atoms with Crippen LogP contribution < -0.4 is 0 Å².